The van der Waals surface area contributed by atoms with Gasteiger partial charge in [-0.1, -0.05) is 48.5 Å². The lowest BCUT2D eigenvalue weighted by atomic mass is 10.1. The molecule has 5 nitrogen and oxygen atoms in total. The lowest BCUT2D eigenvalue weighted by Gasteiger charge is -2.38. The number of nitrogens with zero attached hydrogens (tertiary/aromatic N) is 1. The predicted molar refractivity (Wildman–Crippen MR) is 149 cm³/mol. The Hall–Kier alpha value is -4.73. The van der Waals surface area contributed by atoms with Gasteiger partial charge in [0, 0.05) is 30.8 Å². The van der Waals surface area contributed by atoms with E-state index in [2.05, 4.69) is 53.1 Å². The van der Waals surface area contributed by atoms with Crippen LogP contribution in [0.3, 0.4) is 0 Å². The Morgan fingerprint density at radius 3 is 1.76 bits per heavy atom. The van der Waals surface area contributed by atoms with Crippen LogP contribution >= 0.6 is 7.92 Å². The fourth-order valence-corrected chi connectivity index (χ4v) is 8.93. The van der Waals surface area contributed by atoms with Crippen LogP contribution in [0, 0.1) is 0 Å². The van der Waals surface area contributed by atoms with Gasteiger partial charge in [0.1, 0.15) is 40.1 Å². The van der Waals surface area contributed by atoms with Crippen molar-refractivity contribution in [2.45, 2.75) is 0 Å². The number of ether oxygens (including phenoxy) is 3. The number of hydrogen-bond acceptors (Lipinski definition) is 4. The largest absolute Gasteiger partial charge is 0.456 e. The summed E-state index contributed by atoms with van der Waals surface area (Å²) in [5.74, 6) is 5.05. The van der Waals surface area contributed by atoms with E-state index in [1.54, 1.807) is 0 Å². The minimum atomic E-state index is -0.867. The third-order valence-corrected chi connectivity index (χ3v) is 10.4. The highest BCUT2D eigenvalue weighted by Gasteiger charge is 2.43. The summed E-state index contributed by atoms with van der Waals surface area (Å²) in [6.45, 7) is 0. The molecule has 6 heteroatoms. The second-order valence-corrected chi connectivity index (χ2v) is 11.8. The van der Waals surface area contributed by atoms with Gasteiger partial charge in [-0.05, 0) is 36.4 Å². The van der Waals surface area contributed by atoms with E-state index in [-0.39, 0.29) is 0 Å². The average Bonchev–Trinajstić information content (AvgIpc) is 3.47. The molecule has 0 unspecified atom stereocenters. The third kappa shape index (κ3) is 2.23. The smallest absolute Gasteiger partial charge is 0.213 e. The standard InChI is InChI=1S/C32H16NO4P/c1-3-9-20-18(7-1)28-19-8-2-4-10-21(19)37-32(28)33(20)17-15-26-31-27(16-17)36-25-14-6-12-23-30(25)38(31)29-22(34-23)11-5-13-24(29)35-26/h1-16H. The van der Waals surface area contributed by atoms with Gasteiger partial charge in [0.25, 0.3) is 0 Å². The number of fused-ring (bicyclic) bond motifs is 5. The molecule has 7 aromatic rings. The Labute approximate surface area is 217 Å². The maximum absolute atomic E-state index is 6.58. The van der Waals surface area contributed by atoms with Gasteiger partial charge in [-0.25, -0.2) is 0 Å². The Balaban J connectivity index is 1.31. The van der Waals surface area contributed by atoms with Gasteiger partial charge in [-0.3, -0.25) is 4.57 Å². The van der Waals surface area contributed by atoms with Crippen LogP contribution in [0.5, 0.6) is 34.5 Å². The molecule has 178 valence electrons. The molecule has 0 aliphatic carbocycles. The zero-order valence-corrected chi connectivity index (χ0v) is 20.7. The molecule has 0 atom stereocenters. The minimum absolute atomic E-state index is 0.813. The molecule has 2 aromatic heterocycles. The van der Waals surface area contributed by atoms with Crippen molar-refractivity contribution in [3.63, 3.8) is 0 Å². The number of benzene rings is 5. The van der Waals surface area contributed by atoms with Gasteiger partial charge < -0.3 is 18.6 Å². The Morgan fingerprint density at radius 2 is 1.08 bits per heavy atom. The van der Waals surface area contributed by atoms with Crippen molar-refractivity contribution in [3.8, 4) is 40.2 Å². The highest BCUT2D eigenvalue weighted by atomic mass is 31.1. The summed E-state index contributed by atoms with van der Waals surface area (Å²) in [5.41, 5.74) is 3.70. The van der Waals surface area contributed by atoms with E-state index in [1.807, 2.05) is 48.5 Å². The monoisotopic (exact) mass is 509 g/mol. The highest BCUT2D eigenvalue weighted by Crippen LogP contribution is 2.59. The van der Waals surface area contributed by atoms with Crippen LogP contribution in [0.15, 0.2) is 101 Å². The first-order valence-corrected chi connectivity index (χ1v) is 13.9. The summed E-state index contributed by atoms with van der Waals surface area (Å²) in [6.07, 6.45) is 0. The van der Waals surface area contributed by atoms with Crippen LogP contribution in [0.2, 0.25) is 0 Å². The molecule has 0 saturated heterocycles. The van der Waals surface area contributed by atoms with E-state index in [4.69, 9.17) is 18.6 Å². The zero-order chi connectivity index (χ0) is 24.5. The van der Waals surface area contributed by atoms with E-state index >= 15 is 0 Å². The van der Waals surface area contributed by atoms with Crippen molar-refractivity contribution in [3.05, 3.63) is 97.1 Å². The second-order valence-electron chi connectivity index (χ2n) is 9.77. The molecule has 3 aliphatic heterocycles. The minimum Gasteiger partial charge on any atom is -0.456 e. The summed E-state index contributed by atoms with van der Waals surface area (Å²) in [6, 6.07) is 33.0. The van der Waals surface area contributed by atoms with E-state index < -0.39 is 7.92 Å². The molecule has 0 N–H and O–H groups in total. The summed E-state index contributed by atoms with van der Waals surface area (Å²) in [4.78, 5) is 0. The van der Waals surface area contributed by atoms with E-state index in [0.29, 0.717) is 0 Å². The van der Waals surface area contributed by atoms with Gasteiger partial charge >= 0.3 is 0 Å². The number of para-hydroxylation sites is 2. The second kappa shape index (κ2) is 6.58. The van der Waals surface area contributed by atoms with Gasteiger partial charge in [-0.2, -0.15) is 0 Å². The summed E-state index contributed by atoms with van der Waals surface area (Å²) in [5, 5.41) is 6.72. The lowest BCUT2D eigenvalue weighted by molar-refractivity contribution is 0.445. The van der Waals surface area contributed by atoms with Gasteiger partial charge in [0.15, 0.2) is 0 Å². The first-order valence-electron chi connectivity index (χ1n) is 12.5. The molecule has 0 bridgehead atoms. The fraction of sp³-hybridized carbons (Fsp3) is 0. The van der Waals surface area contributed by atoms with E-state index in [9.17, 15) is 0 Å². The predicted octanol–water partition coefficient (Wildman–Crippen LogP) is 7.61. The summed E-state index contributed by atoms with van der Waals surface area (Å²) in [7, 11) is -0.867. The first kappa shape index (κ1) is 19.4. The van der Waals surface area contributed by atoms with Crippen molar-refractivity contribution in [2.24, 2.45) is 0 Å². The molecule has 0 saturated carbocycles. The zero-order valence-electron chi connectivity index (χ0n) is 19.8. The highest BCUT2D eigenvalue weighted by molar-refractivity contribution is 7.81. The van der Waals surface area contributed by atoms with Crippen molar-refractivity contribution >= 4 is 56.8 Å². The molecule has 10 rings (SSSR count). The molecular formula is C32H16NO4P. The van der Waals surface area contributed by atoms with Gasteiger partial charge in [0.2, 0.25) is 5.71 Å². The van der Waals surface area contributed by atoms with E-state index in [1.165, 1.54) is 0 Å². The van der Waals surface area contributed by atoms with Crippen LogP contribution in [0.1, 0.15) is 0 Å². The topological polar surface area (TPSA) is 45.8 Å². The molecule has 0 amide bonds. The molecule has 5 heterocycles. The molecular weight excluding hydrogens is 493 g/mol. The third-order valence-electron chi connectivity index (χ3n) is 7.73. The number of rotatable bonds is 1. The van der Waals surface area contributed by atoms with Gasteiger partial charge in [-0.15, -0.1) is 0 Å². The summed E-state index contributed by atoms with van der Waals surface area (Å²) >= 11 is 0. The Bertz CT molecular complexity index is 2110. The molecule has 0 fully saturated rings. The van der Waals surface area contributed by atoms with Crippen LogP contribution in [-0.2, 0) is 0 Å². The number of furan rings is 1. The SMILES string of the molecule is c1cc2c3c(c1)Oc1cc(-n4c5ccccc5c5c6ccccc6oc54)cc4c1P3c1c(cccc1O4)O2. The Kier molecular flexibility index (Phi) is 3.36. The number of aromatic nitrogens is 1. The normalized spacial score (nSPS) is 14.3. The molecule has 5 aromatic carbocycles. The van der Waals surface area contributed by atoms with Crippen molar-refractivity contribution in [1.29, 1.82) is 0 Å². The van der Waals surface area contributed by atoms with Gasteiger partial charge in [0.05, 0.1) is 32.5 Å². The molecule has 38 heavy (non-hydrogen) atoms. The van der Waals surface area contributed by atoms with Crippen molar-refractivity contribution in [1.82, 2.24) is 4.57 Å². The molecule has 0 spiro atoms. The van der Waals surface area contributed by atoms with Crippen molar-refractivity contribution < 1.29 is 18.6 Å². The summed E-state index contributed by atoms with van der Waals surface area (Å²) < 4.78 is 28.1. The molecule has 0 radical (unpaired) electrons. The fourth-order valence-electron chi connectivity index (χ4n) is 6.23. The van der Waals surface area contributed by atoms with Crippen LogP contribution in [0.25, 0.3) is 38.7 Å². The maximum Gasteiger partial charge on any atom is 0.213 e. The maximum atomic E-state index is 6.58. The quantitative estimate of drug-likeness (QED) is 0.214. The van der Waals surface area contributed by atoms with Crippen LogP contribution in [-0.4, -0.2) is 4.57 Å². The molecule has 3 aliphatic rings. The van der Waals surface area contributed by atoms with E-state index in [0.717, 1.165) is 89.1 Å². The first-order chi connectivity index (χ1) is 18.8. The van der Waals surface area contributed by atoms with Crippen LogP contribution < -0.4 is 30.1 Å². The Morgan fingerprint density at radius 1 is 0.526 bits per heavy atom. The lowest BCUT2D eigenvalue weighted by Crippen LogP contribution is -2.35. The van der Waals surface area contributed by atoms with Crippen LogP contribution in [0.4, 0.5) is 0 Å². The average molecular weight is 509 g/mol. The van der Waals surface area contributed by atoms with Crippen molar-refractivity contribution in [2.75, 3.05) is 0 Å². The number of hydrogen-bond donors (Lipinski definition) is 0.